The molecule has 0 heterocycles. The summed E-state index contributed by atoms with van der Waals surface area (Å²) in [5.41, 5.74) is 0. The predicted molar refractivity (Wildman–Crippen MR) is 43.9 cm³/mol. The van der Waals surface area contributed by atoms with Crippen LogP contribution in [0.4, 0.5) is 0 Å². The van der Waals surface area contributed by atoms with Crippen molar-refractivity contribution in [1.29, 1.82) is 0 Å². The van der Waals surface area contributed by atoms with E-state index >= 15 is 0 Å². The van der Waals surface area contributed by atoms with Crippen molar-refractivity contribution in [2.75, 3.05) is 0 Å². The largest absolute Gasteiger partial charge is 0.543 e. The van der Waals surface area contributed by atoms with E-state index in [-0.39, 0.29) is 44.8 Å². The molecule has 0 aromatic rings. The second kappa shape index (κ2) is 9.77. The molecule has 0 amide bonds. The van der Waals surface area contributed by atoms with Gasteiger partial charge in [0, 0.05) is 44.8 Å². The molecule has 0 aromatic carbocycles. The van der Waals surface area contributed by atoms with Gasteiger partial charge in [-0.25, -0.2) is 0 Å². The van der Waals surface area contributed by atoms with Crippen molar-refractivity contribution in [3.8, 4) is 0 Å². The topological polar surface area (TPSA) is 27.7 Å². The summed E-state index contributed by atoms with van der Waals surface area (Å²) in [6.07, 6.45) is 0. The molecule has 12 heavy (non-hydrogen) atoms. The first-order valence-electron chi connectivity index (χ1n) is 2.72. The van der Waals surface area contributed by atoms with Crippen molar-refractivity contribution in [3.05, 3.63) is 0 Å². The van der Waals surface area contributed by atoms with Gasteiger partial charge in [-0.2, -0.15) is 0 Å². The van der Waals surface area contributed by atoms with E-state index in [9.17, 15) is 0 Å². The summed E-state index contributed by atoms with van der Waals surface area (Å²) in [5.74, 6) is 0. The van der Waals surface area contributed by atoms with E-state index < -0.39 is 17.8 Å². The molecule has 0 N–H and O–H groups in total. The predicted octanol–water partition coefficient (Wildman–Crippen LogP) is 0.0180. The smallest absolute Gasteiger partial charge is 0.415 e. The molecular weight excluding hydrogens is 590 g/mol. The molecule has 0 saturated heterocycles. The van der Waals surface area contributed by atoms with Gasteiger partial charge >= 0.3 is 9.53 Å². The minimum Gasteiger partial charge on any atom is -0.415 e. The standard InChI is InChI=1S/C3H9O3Si4.2Au/c1-10(2,3)6-9(4-7)5-8;;/h1-3H3;;. The Labute approximate surface area is 115 Å². The number of rotatable bonds is 4. The number of hydrogen-bond acceptors (Lipinski definition) is 3. The third-order valence-corrected chi connectivity index (χ3v) is 5.01. The molecule has 9 heteroatoms. The van der Waals surface area contributed by atoms with Crippen molar-refractivity contribution in [3.63, 3.8) is 0 Å². The van der Waals surface area contributed by atoms with E-state index in [2.05, 4.69) is 40.6 Å². The molecule has 0 aliphatic rings. The first-order chi connectivity index (χ1) is 4.49. The van der Waals surface area contributed by atoms with E-state index in [1.807, 2.05) is 0 Å². The van der Waals surface area contributed by atoms with Crippen LogP contribution < -0.4 is 0 Å². The van der Waals surface area contributed by atoms with Crippen molar-refractivity contribution in [1.82, 2.24) is 0 Å². The molecule has 0 aliphatic heterocycles. The summed E-state index contributed by atoms with van der Waals surface area (Å²) in [6, 6.07) is 0. The van der Waals surface area contributed by atoms with Crippen LogP contribution in [0.5, 0.6) is 0 Å². The third-order valence-electron chi connectivity index (χ3n) is 0.556. The minimum absolute atomic E-state index is 0. The van der Waals surface area contributed by atoms with Gasteiger partial charge in [0.25, 0.3) is 0 Å². The van der Waals surface area contributed by atoms with Gasteiger partial charge in [-0.15, -0.1) is 0 Å². The normalized spacial score (nSPS) is 10.5. The molecule has 0 aliphatic carbocycles. The van der Waals surface area contributed by atoms with Crippen molar-refractivity contribution in [2.45, 2.75) is 19.6 Å². The van der Waals surface area contributed by atoms with Gasteiger partial charge in [-0.1, -0.05) is 0 Å². The SMILES string of the molecule is C[Si](C)(C)O[Si](O[Si])O[Si].[Au].[Au]. The Kier molecular flexibility index (Phi) is 16.1. The zero-order valence-electron chi connectivity index (χ0n) is 6.83. The molecule has 77 valence electrons. The van der Waals surface area contributed by atoms with E-state index in [1.165, 1.54) is 0 Å². The van der Waals surface area contributed by atoms with Crippen LogP contribution in [0.25, 0.3) is 0 Å². The summed E-state index contributed by atoms with van der Waals surface area (Å²) in [7, 11) is 2.60. The Morgan fingerprint density at radius 2 is 1.33 bits per heavy atom. The summed E-state index contributed by atoms with van der Waals surface area (Å²) in [5, 5.41) is 0. The van der Waals surface area contributed by atoms with Crippen molar-refractivity contribution < 1.29 is 57.1 Å². The first kappa shape index (κ1) is 19.7. The second-order valence-corrected chi connectivity index (χ2v) is 9.84. The fourth-order valence-electron chi connectivity index (χ4n) is 0.313. The van der Waals surface area contributed by atoms with Crippen LogP contribution in [-0.4, -0.2) is 38.8 Å². The monoisotopic (exact) mass is 599 g/mol. The molecular formula is C3H9Au2O3Si4. The van der Waals surface area contributed by atoms with Gasteiger partial charge in [-0.05, 0) is 19.6 Å². The first-order valence-corrected chi connectivity index (χ1v) is 8.17. The molecule has 0 atom stereocenters. The van der Waals surface area contributed by atoms with Crippen LogP contribution in [0.15, 0.2) is 0 Å². The Bertz CT molecular complexity index is 96.0. The zero-order chi connectivity index (χ0) is 8.20. The van der Waals surface area contributed by atoms with Crippen LogP contribution in [0.3, 0.4) is 0 Å². The molecule has 3 nitrogen and oxygen atoms in total. The molecule has 0 rings (SSSR count). The minimum atomic E-state index is -1.59. The van der Waals surface area contributed by atoms with E-state index in [0.717, 1.165) is 0 Å². The molecule has 0 fully saturated rings. The Morgan fingerprint density at radius 1 is 1.00 bits per heavy atom. The average Bonchev–Trinajstić information content (AvgIpc) is 1.81. The van der Waals surface area contributed by atoms with Gasteiger partial charge in [0.15, 0.2) is 8.32 Å². The fraction of sp³-hybridized carbons (Fsp3) is 1.00. The van der Waals surface area contributed by atoms with Crippen LogP contribution in [0.1, 0.15) is 0 Å². The van der Waals surface area contributed by atoms with Gasteiger partial charge < -0.3 is 12.3 Å². The molecule has 0 saturated carbocycles. The van der Waals surface area contributed by atoms with Crippen LogP contribution >= 0.6 is 0 Å². The van der Waals surface area contributed by atoms with Crippen LogP contribution in [-0.2, 0) is 57.1 Å². The van der Waals surface area contributed by atoms with Crippen molar-refractivity contribution in [2.24, 2.45) is 0 Å². The maximum Gasteiger partial charge on any atom is 0.543 e. The molecule has 0 unspecified atom stereocenters. The van der Waals surface area contributed by atoms with Gasteiger partial charge in [0.1, 0.15) is 0 Å². The van der Waals surface area contributed by atoms with Gasteiger partial charge in [0.2, 0.25) is 21.0 Å². The maximum atomic E-state index is 5.44. The second-order valence-electron chi connectivity index (χ2n) is 2.67. The van der Waals surface area contributed by atoms with Gasteiger partial charge in [-0.3, -0.25) is 0 Å². The molecule has 0 spiro atoms. The summed E-state index contributed by atoms with van der Waals surface area (Å²) in [6.45, 7) is 6.19. The quantitative estimate of drug-likeness (QED) is 0.427. The Morgan fingerprint density at radius 3 is 1.42 bits per heavy atom. The van der Waals surface area contributed by atoms with Crippen molar-refractivity contribution >= 4 is 38.8 Å². The van der Waals surface area contributed by atoms with Gasteiger partial charge in [0.05, 0.1) is 0 Å². The Hall–Kier alpha value is 2.23. The van der Waals surface area contributed by atoms with Crippen LogP contribution in [0, 0.1) is 0 Å². The molecule has 0 aromatic heterocycles. The number of hydrogen-bond donors (Lipinski definition) is 0. The van der Waals surface area contributed by atoms with Crippen LogP contribution in [0.2, 0.25) is 19.6 Å². The van der Waals surface area contributed by atoms with E-state index in [1.54, 1.807) is 0 Å². The third kappa shape index (κ3) is 12.2. The summed E-state index contributed by atoms with van der Waals surface area (Å²) in [4.78, 5) is 0. The van der Waals surface area contributed by atoms with E-state index in [0.29, 0.717) is 0 Å². The van der Waals surface area contributed by atoms with E-state index in [4.69, 9.17) is 12.3 Å². The molecule has 0 bridgehead atoms. The Balaban J connectivity index is -0.000000405. The molecule has 9 radical (unpaired) electrons. The maximum absolute atomic E-state index is 5.44. The summed E-state index contributed by atoms with van der Waals surface area (Å²) >= 11 is 0. The zero-order valence-corrected chi connectivity index (χ0v) is 15.2. The average molecular weight is 599 g/mol. The fourth-order valence-corrected chi connectivity index (χ4v) is 3.94. The summed E-state index contributed by atoms with van der Waals surface area (Å²) < 4.78 is 14.9.